The highest BCUT2D eigenvalue weighted by atomic mass is 32.2. The van der Waals surface area contributed by atoms with Crippen molar-refractivity contribution in [1.82, 2.24) is 9.21 Å². The fourth-order valence-corrected chi connectivity index (χ4v) is 6.37. The van der Waals surface area contributed by atoms with Crippen molar-refractivity contribution in [3.63, 3.8) is 0 Å². The normalized spacial score (nSPS) is 29.1. The van der Waals surface area contributed by atoms with Crippen molar-refractivity contribution in [2.75, 3.05) is 32.5 Å². The van der Waals surface area contributed by atoms with Gasteiger partial charge in [0.05, 0.1) is 12.9 Å². The lowest BCUT2D eigenvalue weighted by Crippen LogP contribution is -2.57. The van der Waals surface area contributed by atoms with Gasteiger partial charge in [-0.05, 0) is 60.8 Å². The van der Waals surface area contributed by atoms with Gasteiger partial charge in [-0.2, -0.15) is 4.31 Å². The van der Waals surface area contributed by atoms with E-state index in [0.717, 1.165) is 51.1 Å². The molecule has 1 aromatic carbocycles. The van der Waals surface area contributed by atoms with E-state index in [2.05, 4.69) is 36.9 Å². The summed E-state index contributed by atoms with van der Waals surface area (Å²) in [5, 5.41) is 0. The Kier molecular flexibility index (Phi) is 5.25. The Morgan fingerprint density at radius 1 is 1.26 bits per heavy atom. The third kappa shape index (κ3) is 3.89. The average Bonchev–Trinajstić information content (AvgIpc) is 2.63. The summed E-state index contributed by atoms with van der Waals surface area (Å²) in [5.41, 5.74) is 2.74. The quantitative estimate of drug-likeness (QED) is 0.790. The molecule has 2 fully saturated rings. The SMILES string of the molecule is CC(C)COc1ccc2c(c1)CCN1CC3CCCN(S(C)(=O)=O)C3CC21. The Hall–Kier alpha value is -1.11. The highest BCUT2D eigenvalue weighted by molar-refractivity contribution is 7.88. The molecule has 6 heteroatoms. The van der Waals surface area contributed by atoms with Gasteiger partial charge in [-0.15, -0.1) is 0 Å². The highest BCUT2D eigenvalue weighted by Gasteiger charge is 2.44. The molecule has 2 saturated heterocycles. The molecule has 3 unspecified atom stereocenters. The lowest BCUT2D eigenvalue weighted by atomic mass is 9.77. The van der Waals surface area contributed by atoms with Crippen LogP contribution in [0, 0.1) is 11.8 Å². The summed E-state index contributed by atoms with van der Waals surface area (Å²) in [4.78, 5) is 2.59. The van der Waals surface area contributed by atoms with Gasteiger partial charge in [0.1, 0.15) is 5.75 Å². The number of fused-ring (bicyclic) bond motifs is 4. The van der Waals surface area contributed by atoms with E-state index in [0.29, 0.717) is 24.4 Å². The molecule has 0 bridgehead atoms. The molecule has 0 radical (unpaired) electrons. The second-order valence-electron chi connectivity index (χ2n) is 8.91. The van der Waals surface area contributed by atoms with Crippen LogP contribution in [0.2, 0.25) is 0 Å². The molecule has 1 aromatic rings. The van der Waals surface area contributed by atoms with Gasteiger partial charge in [-0.1, -0.05) is 19.9 Å². The van der Waals surface area contributed by atoms with Crippen LogP contribution >= 0.6 is 0 Å². The van der Waals surface area contributed by atoms with Crippen LogP contribution in [0.5, 0.6) is 5.75 Å². The first kappa shape index (κ1) is 19.2. The van der Waals surface area contributed by atoms with E-state index in [4.69, 9.17) is 4.74 Å². The predicted molar refractivity (Wildman–Crippen MR) is 107 cm³/mol. The molecule has 0 amide bonds. The monoisotopic (exact) mass is 392 g/mol. The van der Waals surface area contributed by atoms with E-state index in [1.54, 1.807) is 4.31 Å². The van der Waals surface area contributed by atoms with E-state index in [1.807, 2.05) is 0 Å². The van der Waals surface area contributed by atoms with Crippen molar-refractivity contribution in [3.8, 4) is 5.75 Å². The van der Waals surface area contributed by atoms with Gasteiger partial charge in [0.25, 0.3) is 0 Å². The summed E-state index contributed by atoms with van der Waals surface area (Å²) in [6, 6.07) is 6.99. The Balaban J connectivity index is 1.57. The first-order valence-corrected chi connectivity index (χ1v) is 12.1. The van der Waals surface area contributed by atoms with E-state index in [1.165, 1.54) is 17.4 Å². The van der Waals surface area contributed by atoms with Gasteiger partial charge in [-0.3, -0.25) is 4.90 Å². The number of piperidine rings is 2. The fraction of sp³-hybridized carbons (Fsp3) is 0.714. The number of ether oxygens (including phenoxy) is 1. The average molecular weight is 393 g/mol. The molecule has 150 valence electrons. The molecule has 0 aliphatic carbocycles. The Labute approximate surface area is 163 Å². The Bertz CT molecular complexity index is 793. The molecule has 4 rings (SSSR count). The molecule has 0 saturated carbocycles. The van der Waals surface area contributed by atoms with Gasteiger partial charge in [0.2, 0.25) is 10.0 Å². The van der Waals surface area contributed by atoms with Crippen LogP contribution in [0.4, 0.5) is 0 Å². The molecule has 5 nitrogen and oxygen atoms in total. The second kappa shape index (κ2) is 7.37. The standard InChI is InChI=1S/C21H32N2O3S/c1-15(2)14-26-18-6-7-19-16(11-18)8-10-22-13-17-5-4-9-23(27(3,24)25)20(17)12-21(19)22/h6-7,11,15,17,20-21H,4-5,8-10,12-14H2,1-3H3. The maximum Gasteiger partial charge on any atom is 0.211 e. The number of rotatable bonds is 4. The minimum Gasteiger partial charge on any atom is -0.493 e. The minimum atomic E-state index is -3.14. The van der Waals surface area contributed by atoms with Crippen LogP contribution in [0.15, 0.2) is 18.2 Å². The van der Waals surface area contributed by atoms with Crippen molar-refractivity contribution in [2.45, 2.75) is 51.6 Å². The Morgan fingerprint density at radius 3 is 2.81 bits per heavy atom. The summed E-state index contributed by atoms with van der Waals surface area (Å²) >= 11 is 0. The van der Waals surface area contributed by atoms with Crippen LogP contribution in [0.3, 0.4) is 0 Å². The maximum atomic E-state index is 12.3. The summed E-state index contributed by atoms with van der Waals surface area (Å²) in [5.74, 6) is 1.94. The largest absolute Gasteiger partial charge is 0.493 e. The molecule has 0 N–H and O–H groups in total. The molecule has 0 spiro atoms. The van der Waals surface area contributed by atoms with Gasteiger partial charge in [0, 0.05) is 31.7 Å². The summed E-state index contributed by atoms with van der Waals surface area (Å²) in [6.07, 6.45) is 5.47. The number of sulfonamides is 1. The molecule has 3 heterocycles. The van der Waals surface area contributed by atoms with E-state index >= 15 is 0 Å². The zero-order valence-corrected chi connectivity index (χ0v) is 17.5. The zero-order valence-electron chi connectivity index (χ0n) is 16.7. The zero-order chi connectivity index (χ0) is 19.2. The molecule has 3 aliphatic rings. The third-order valence-corrected chi connectivity index (χ3v) is 7.70. The van der Waals surface area contributed by atoms with Gasteiger partial charge < -0.3 is 4.74 Å². The Morgan fingerprint density at radius 2 is 2.07 bits per heavy atom. The molecular formula is C21H32N2O3S. The number of benzene rings is 1. The van der Waals surface area contributed by atoms with Crippen LogP contribution in [-0.4, -0.2) is 56.2 Å². The van der Waals surface area contributed by atoms with Crippen molar-refractivity contribution >= 4 is 10.0 Å². The van der Waals surface area contributed by atoms with Crippen LogP contribution in [-0.2, 0) is 16.4 Å². The first-order chi connectivity index (χ1) is 12.8. The minimum absolute atomic E-state index is 0.151. The molecule has 0 aromatic heterocycles. The van der Waals surface area contributed by atoms with Gasteiger partial charge in [0.15, 0.2) is 0 Å². The van der Waals surface area contributed by atoms with Crippen molar-refractivity contribution in [1.29, 1.82) is 0 Å². The van der Waals surface area contributed by atoms with Gasteiger partial charge in [-0.25, -0.2) is 8.42 Å². The number of hydrogen-bond donors (Lipinski definition) is 0. The maximum absolute atomic E-state index is 12.3. The summed E-state index contributed by atoms with van der Waals surface area (Å²) < 4.78 is 32.3. The molecule has 3 atom stereocenters. The summed E-state index contributed by atoms with van der Waals surface area (Å²) in [6.45, 7) is 7.82. The van der Waals surface area contributed by atoms with E-state index < -0.39 is 10.0 Å². The number of nitrogens with zero attached hydrogens (tertiary/aromatic N) is 2. The summed E-state index contributed by atoms with van der Waals surface area (Å²) in [7, 11) is -3.14. The smallest absolute Gasteiger partial charge is 0.211 e. The van der Waals surface area contributed by atoms with E-state index in [9.17, 15) is 8.42 Å². The van der Waals surface area contributed by atoms with Crippen LogP contribution in [0.25, 0.3) is 0 Å². The molecule has 27 heavy (non-hydrogen) atoms. The predicted octanol–water partition coefficient (Wildman–Crippen LogP) is 3.06. The van der Waals surface area contributed by atoms with Crippen molar-refractivity contribution < 1.29 is 13.2 Å². The lowest BCUT2D eigenvalue weighted by Gasteiger charge is -2.51. The molecule has 3 aliphatic heterocycles. The lowest BCUT2D eigenvalue weighted by molar-refractivity contribution is 0.0222. The highest BCUT2D eigenvalue weighted by Crippen LogP contribution is 2.44. The molecular weight excluding hydrogens is 360 g/mol. The van der Waals surface area contributed by atoms with Gasteiger partial charge >= 0.3 is 0 Å². The van der Waals surface area contributed by atoms with E-state index in [-0.39, 0.29) is 6.04 Å². The van der Waals surface area contributed by atoms with Crippen LogP contribution < -0.4 is 4.74 Å². The third-order valence-electron chi connectivity index (χ3n) is 6.39. The first-order valence-electron chi connectivity index (χ1n) is 10.3. The van der Waals surface area contributed by atoms with Crippen LogP contribution in [0.1, 0.15) is 50.3 Å². The second-order valence-corrected chi connectivity index (χ2v) is 10.8. The van der Waals surface area contributed by atoms with Crippen molar-refractivity contribution in [3.05, 3.63) is 29.3 Å². The topological polar surface area (TPSA) is 49.9 Å². The fourth-order valence-electron chi connectivity index (χ4n) is 5.15. The van der Waals surface area contributed by atoms with Crippen molar-refractivity contribution in [2.24, 2.45) is 11.8 Å². The number of hydrogen-bond acceptors (Lipinski definition) is 4.